The summed E-state index contributed by atoms with van der Waals surface area (Å²) < 4.78 is 2.06. The molecule has 0 radical (unpaired) electrons. The average Bonchev–Trinajstić information content (AvgIpc) is 3.21. The SMILES string of the molecule is CCCC1CC(C)=C(C(=O)c2cc3ccsc3n2C)c2ccccc2C1C. The van der Waals surface area contributed by atoms with Gasteiger partial charge in [-0.1, -0.05) is 50.1 Å². The molecule has 2 heterocycles. The van der Waals surface area contributed by atoms with Crippen molar-refractivity contribution in [2.75, 3.05) is 0 Å². The van der Waals surface area contributed by atoms with Crippen LogP contribution < -0.4 is 0 Å². The predicted molar refractivity (Wildman–Crippen MR) is 116 cm³/mol. The molecule has 2 atom stereocenters. The zero-order valence-corrected chi connectivity index (χ0v) is 17.4. The summed E-state index contributed by atoms with van der Waals surface area (Å²) in [5.41, 5.74) is 5.41. The van der Waals surface area contributed by atoms with Crippen molar-refractivity contribution in [1.82, 2.24) is 4.57 Å². The summed E-state index contributed by atoms with van der Waals surface area (Å²) in [4.78, 5) is 14.9. The van der Waals surface area contributed by atoms with Gasteiger partial charge >= 0.3 is 0 Å². The van der Waals surface area contributed by atoms with Crippen LogP contribution >= 0.6 is 11.3 Å². The van der Waals surface area contributed by atoms with Gasteiger partial charge in [-0.15, -0.1) is 11.3 Å². The summed E-state index contributed by atoms with van der Waals surface area (Å²) in [6.45, 7) is 6.75. The smallest absolute Gasteiger partial charge is 0.209 e. The summed E-state index contributed by atoms with van der Waals surface area (Å²) in [5, 5.41) is 3.24. The number of aryl methyl sites for hydroxylation is 1. The Morgan fingerprint density at radius 1 is 1.26 bits per heavy atom. The third-order valence-electron chi connectivity index (χ3n) is 6.17. The average molecular weight is 378 g/mol. The highest BCUT2D eigenvalue weighted by Crippen LogP contribution is 2.43. The number of Topliss-reactive ketones (excluding diaryl/α,β-unsaturated/α-hetero) is 1. The van der Waals surface area contributed by atoms with E-state index < -0.39 is 0 Å². The van der Waals surface area contributed by atoms with Crippen LogP contribution in [0.3, 0.4) is 0 Å². The summed E-state index contributed by atoms with van der Waals surface area (Å²) in [7, 11) is 2.01. The van der Waals surface area contributed by atoms with E-state index in [1.54, 1.807) is 11.3 Å². The number of carbonyl (C=O) groups is 1. The Kier molecular flexibility index (Phi) is 4.81. The molecule has 1 aliphatic rings. The first kappa shape index (κ1) is 18.2. The van der Waals surface area contributed by atoms with Crippen molar-refractivity contribution < 1.29 is 4.79 Å². The second-order valence-corrected chi connectivity index (χ2v) is 8.78. The van der Waals surface area contributed by atoms with E-state index in [0.717, 1.165) is 33.5 Å². The maximum atomic E-state index is 13.7. The number of carbonyl (C=O) groups excluding carboxylic acids is 1. The zero-order valence-electron chi connectivity index (χ0n) is 16.6. The molecule has 0 saturated heterocycles. The standard InChI is InChI=1S/C24H27NOS/c1-5-8-17-13-15(2)22(20-10-7-6-9-19(20)16(17)3)23(26)21-14-18-11-12-27-24(18)25(21)4/h6-7,9-12,14,16-17H,5,8,13H2,1-4H3. The van der Waals surface area contributed by atoms with Gasteiger partial charge in [0.1, 0.15) is 4.83 Å². The first-order valence-corrected chi connectivity index (χ1v) is 10.8. The topological polar surface area (TPSA) is 22.0 Å². The maximum Gasteiger partial charge on any atom is 0.209 e. The lowest BCUT2D eigenvalue weighted by molar-refractivity contribution is 0.104. The van der Waals surface area contributed by atoms with Crippen molar-refractivity contribution >= 4 is 32.9 Å². The van der Waals surface area contributed by atoms with Crippen molar-refractivity contribution in [3.63, 3.8) is 0 Å². The van der Waals surface area contributed by atoms with Gasteiger partial charge in [-0.25, -0.2) is 0 Å². The molecule has 0 saturated carbocycles. The Hall–Kier alpha value is -2.13. The molecule has 2 nitrogen and oxygen atoms in total. The van der Waals surface area contributed by atoms with E-state index in [-0.39, 0.29) is 5.78 Å². The minimum absolute atomic E-state index is 0.162. The van der Waals surface area contributed by atoms with Crippen LogP contribution in [0, 0.1) is 5.92 Å². The molecule has 4 rings (SSSR count). The van der Waals surface area contributed by atoms with Crippen molar-refractivity contribution in [2.45, 2.75) is 46.0 Å². The van der Waals surface area contributed by atoms with E-state index in [1.807, 2.05) is 7.05 Å². The van der Waals surface area contributed by atoms with E-state index in [4.69, 9.17) is 0 Å². The van der Waals surface area contributed by atoms with Crippen LogP contribution in [0.4, 0.5) is 0 Å². The van der Waals surface area contributed by atoms with Crippen LogP contribution in [0.2, 0.25) is 0 Å². The van der Waals surface area contributed by atoms with Gasteiger partial charge in [0, 0.05) is 18.0 Å². The van der Waals surface area contributed by atoms with E-state index >= 15 is 0 Å². The van der Waals surface area contributed by atoms with Crippen molar-refractivity contribution in [2.24, 2.45) is 13.0 Å². The van der Waals surface area contributed by atoms with Crippen LogP contribution in [0.1, 0.15) is 67.6 Å². The molecule has 2 aromatic heterocycles. The lowest BCUT2D eigenvalue weighted by atomic mass is 9.82. The lowest BCUT2D eigenvalue weighted by Gasteiger charge is -2.23. The van der Waals surface area contributed by atoms with Crippen LogP contribution in [-0.2, 0) is 7.05 Å². The highest BCUT2D eigenvalue weighted by atomic mass is 32.1. The van der Waals surface area contributed by atoms with E-state index in [2.05, 4.69) is 67.1 Å². The fourth-order valence-electron chi connectivity index (χ4n) is 4.71. The molecule has 0 bridgehead atoms. The first-order valence-electron chi connectivity index (χ1n) is 9.89. The second kappa shape index (κ2) is 7.12. The second-order valence-electron chi connectivity index (χ2n) is 7.88. The van der Waals surface area contributed by atoms with Gasteiger partial charge in [-0.2, -0.15) is 0 Å². The lowest BCUT2D eigenvalue weighted by Crippen LogP contribution is -2.10. The molecule has 0 amide bonds. The fourth-order valence-corrected chi connectivity index (χ4v) is 5.57. The van der Waals surface area contributed by atoms with E-state index in [0.29, 0.717) is 11.8 Å². The number of benzene rings is 1. The Balaban J connectivity index is 1.88. The number of nitrogens with zero attached hydrogens (tertiary/aromatic N) is 1. The number of thiophene rings is 1. The molecule has 0 aliphatic heterocycles. The largest absolute Gasteiger partial charge is 0.333 e. The van der Waals surface area contributed by atoms with Crippen LogP contribution in [0.5, 0.6) is 0 Å². The third-order valence-corrected chi connectivity index (χ3v) is 7.18. The minimum Gasteiger partial charge on any atom is -0.333 e. The van der Waals surface area contributed by atoms with E-state index in [1.165, 1.54) is 24.0 Å². The summed E-state index contributed by atoms with van der Waals surface area (Å²) in [6, 6.07) is 12.7. The predicted octanol–water partition coefficient (Wildman–Crippen LogP) is 6.82. The number of ketones is 1. The number of hydrogen-bond donors (Lipinski definition) is 0. The monoisotopic (exact) mass is 377 g/mol. The number of rotatable bonds is 4. The number of fused-ring (bicyclic) bond motifs is 2. The van der Waals surface area contributed by atoms with Crippen molar-refractivity contribution in [3.05, 3.63) is 64.2 Å². The molecule has 140 valence electrons. The van der Waals surface area contributed by atoms with Crippen LogP contribution in [0.15, 0.2) is 47.4 Å². The Morgan fingerprint density at radius 2 is 2.04 bits per heavy atom. The number of aromatic nitrogens is 1. The van der Waals surface area contributed by atoms with Gasteiger partial charge in [0.25, 0.3) is 0 Å². The molecule has 0 N–H and O–H groups in total. The van der Waals surface area contributed by atoms with Gasteiger partial charge in [0.05, 0.1) is 5.69 Å². The van der Waals surface area contributed by atoms with Gasteiger partial charge in [-0.3, -0.25) is 4.79 Å². The van der Waals surface area contributed by atoms with Gasteiger partial charge in [0.15, 0.2) is 0 Å². The van der Waals surface area contributed by atoms with Crippen LogP contribution in [-0.4, -0.2) is 10.4 Å². The molecule has 1 aromatic carbocycles. The summed E-state index contributed by atoms with van der Waals surface area (Å²) in [6.07, 6.45) is 3.39. The van der Waals surface area contributed by atoms with E-state index in [9.17, 15) is 4.79 Å². The summed E-state index contributed by atoms with van der Waals surface area (Å²) in [5.74, 6) is 1.23. The normalized spacial score (nSPS) is 20.0. The quantitative estimate of drug-likeness (QED) is 0.457. The molecule has 27 heavy (non-hydrogen) atoms. The summed E-state index contributed by atoms with van der Waals surface area (Å²) >= 11 is 1.69. The Morgan fingerprint density at radius 3 is 2.78 bits per heavy atom. The third kappa shape index (κ3) is 2.98. The molecule has 2 unspecified atom stereocenters. The van der Waals surface area contributed by atoms with Crippen molar-refractivity contribution in [3.8, 4) is 0 Å². The molecular formula is C24H27NOS. The fraction of sp³-hybridized carbons (Fsp3) is 0.375. The first-order chi connectivity index (χ1) is 13.0. The van der Waals surface area contributed by atoms with Gasteiger partial charge < -0.3 is 4.57 Å². The molecule has 3 heteroatoms. The van der Waals surface area contributed by atoms with Crippen molar-refractivity contribution in [1.29, 1.82) is 0 Å². The highest BCUT2D eigenvalue weighted by Gasteiger charge is 2.31. The Bertz CT molecular complexity index is 1040. The molecule has 0 fully saturated rings. The molecule has 3 aromatic rings. The zero-order chi connectivity index (χ0) is 19.1. The highest BCUT2D eigenvalue weighted by molar-refractivity contribution is 7.16. The maximum absolute atomic E-state index is 13.7. The van der Waals surface area contributed by atoms with Gasteiger partial charge in [0.2, 0.25) is 5.78 Å². The molecule has 0 spiro atoms. The molecular weight excluding hydrogens is 350 g/mol. The van der Waals surface area contributed by atoms with Crippen LogP contribution in [0.25, 0.3) is 15.8 Å². The number of allylic oxidation sites excluding steroid dienone is 2. The number of hydrogen-bond acceptors (Lipinski definition) is 2. The Labute approximate surface area is 165 Å². The minimum atomic E-state index is 0.162. The van der Waals surface area contributed by atoms with Gasteiger partial charge in [-0.05, 0) is 60.2 Å². The molecule has 1 aliphatic carbocycles.